The van der Waals surface area contributed by atoms with Gasteiger partial charge in [0.2, 0.25) is 5.91 Å². The highest BCUT2D eigenvalue weighted by Crippen LogP contribution is 1.96. The molecule has 0 saturated carbocycles. The second kappa shape index (κ2) is 99.2. The predicted octanol–water partition coefficient (Wildman–Crippen LogP) is 1.16. The van der Waals surface area contributed by atoms with Gasteiger partial charge in [-0.2, -0.15) is 0 Å². The average Bonchev–Trinajstić information content (AvgIpc) is 3.70. The summed E-state index contributed by atoms with van der Waals surface area (Å²) in [5.41, 5.74) is 5.48. The lowest BCUT2D eigenvalue weighted by molar-refractivity contribution is -0.119. The van der Waals surface area contributed by atoms with Crippen LogP contribution in [0.25, 0.3) is 0 Å². The number of ether oxygens (including phenoxy) is 31. The van der Waals surface area contributed by atoms with Gasteiger partial charge in [0.25, 0.3) is 0 Å². The summed E-state index contributed by atoms with van der Waals surface area (Å²) in [6.45, 7) is 33.7. The largest absolute Gasteiger partial charge is 0.379 e. The zero-order chi connectivity index (χ0) is 74.3. The van der Waals surface area contributed by atoms with Crippen molar-refractivity contribution in [3.63, 3.8) is 0 Å². The second-order valence-corrected chi connectivity index (χ2v) is 21.7. The Balaban J connectivity index is 3.09. The van der Waals surface area contributed by atoms with Crippen LogP contribution in [0.1, 0.15) is 32.6 Å². The van der Waals surface area contributed by atoms with Gasteiger partial charge >= 0.3 is 0 Å². The molecule has 0 fully saturated rings. The van der Waals surface area contributed by atoms with Crippen molar-refractivity contribution in [2.45, 2.75) is 32.6 Å². The van der Waals surface area contributed by atoms with Gasteiger partial charge < -0.3 is 158 Å². The first kappa shape index (κ1) is 102. The molecule has 0 aliphatic heterocycles. The molecule has 34 nitrogen and oxygen atoms in total. The van der Waals surface area contributed by atoms with Crippen molar-refractivity contribution in [3.05, 3.63) is 0 Å². The lowest BCUT2D eigenvalue weighted by Gasteiger charge is -2.09. The fourth-order valence-corrected chi connectivity index (χ4v) is 7.66. The molecular weight excluding hydrogens is 1380 g/mol. The number of unbranched alkanes of at least 4 members (excludes halogenated alkanes) is 2. The molecule has 0 rings (SSSR count). The highest BCUT2D eigenvalue weighted by atomic mass is 16.6. The van der Waals surface area contributed by atoms with Crippen LogP contribution in [0.2, 0.25) is 0 Å². The minimum atomic E-state index is -0.0309. The van der Waals surface area contributed by atoms with Crippen LogP contribution in [0.15, 0.2) is 0 Å². The summed E-state index contributed by atoms with van der Waals surface area (Å²) >= 11 is 0. The zero-order valence-electron chi connectivity index (χ0n) is 63.7. The first-order valence-electron chi connectivity index (χ1n) is 37.6. The second-order valence-electron chi connectivity index (χ2n) is 21.7. The zero-order valence-corrected chi connectivity index (χ0v) is 63.7. The molecule has 0 aromatic heterocycles. The summed E-state index contributed by atoms with van der Waals surface area (Å²) < 4.78 is 171. The van der Waals surface area contributed by atoms with E-state index in [-0.39, 0.29) is 5.91 Å². The molecule has 1 amide bonds. The summed E-state index contributed by atoms with van der Waals surface area (Å²) in [7, 11) is 0. The number of carbonyl (C=O) groups is 1. The van der Waals surface area contributed by atoms with Crippen LogP contribution in [-0.2, 0) is 152 Å². The third-order valence-corrected chi connectivity index (χ3v) is 13.0. The molecule has 0 atom stereocenters. The minimum Gasteiger partial charge on any atom is -0.379 e. The molecule has 0 aromatic rings. The average molecular weight is 1520 g/mol. The lowest BCUT2D eigenvalue weighted by Crippen LogP contribution is -2.22. The molecule has 0 spiro atoms. The lowest BCUT2D eigenvalue weighted by atomic mass is 10.2. The van der Waals surface area contributed by atoms with Crippen molar-refractivity contribution < 1.29 is 152 Å². The summed E-state index contributed by atoms with van der Waals surface area (Å²) in [5.74, 6) is -0.0309. The SMILES string of the molecule is CC(=O)NCCCOCCOCCOCCOCCOCCOCCOCCOCCOCCOCCOCCOCCOCCOCCOCCOCCOCCOCCOCCOCCOCCOCCOCCOCCOCCOCCOCCOCCOCCOCCOCCCCCN. The van der Waals surface area contributed by atoms with Crippen LogP contribution >= 0.6 is 0 Å². The smallest absolute Gasteiger partial charge is 0.216 e. The van der Waals surface area contributed by atoms with E-state index in [1.54, 1.807) is 0 Å². The Morgan fingerprint density at radius 1 is 0.163 bits per heavy atom. The van der Waals surface area contributed by atoms with Gasteiger partial charge in [-0.05, 0) is 32.2 Å². The molecular formula is C70H142N2O32. The number of carbonyl (C=O) groups excluding carboxylic acids is 1. The molecule has 3 N–H and O–H groups in total. The highest BCUT2D eigenvalue weighted by Gasteiger charge is 2.03. The molecule has 0 heterocycles. The van der Waals surface area contributed by atoms with E-state index in [1.807, 2.05) is 0 Å². The number of amides is 1. The maximum Gasteiger partial charge on any atom is 0.216 e. The van der Waals surface area contributed by atoms with Crippen molar-refractivity contribution in [2.75, 3.05) is 423 Å². The van der Waals surface area contributed by atoms with Gasteiger partial charge in [0.1, 0.15) is 0 Å². The van der Waals surface area contributed by atoms with Crippen molar-refractivity contribution in [2.24, 2.45) is 5.73 Å². The number of hydrogen-bond acceptors (Lipinski definition) is 33. The standard InChI is InChI=1S/C70H142N2O32/c1-70(73)72-7-5-9-75-11-13-77-15-17-79-19-21-81-23-25-83-27-29-85-31-33-87-35-37-89-39-41-91-43-45-93-47-49-95-51-53-97-55-57-99-59-61-101-63-65-103-67-69-104-68-66-102-64-62-100-60-58-98-56-54-96-52-50-94-48-46-92-44-42-90-40-38-88-36-34-86-32-30-84-28-26-82-24-22-80-20-18-78-16-14-76-12-10-74-8-4-2-3-6-71/h2-69,71H2,1H3,(H,72,73). The van der Waals surface area contributed by atoms with Gasteiger partial charge in [0.15, 0.2) is 0 Å². The molecule has 624 valence electrons. The molecule has 0 aliphatic rings. The quantitative estimate of drug-likeness (QED) is 0.0807. The van der Waals surface area contributed by atoms with E-state index in [0.717, 1.165) is 38.8 Å². The monoisotopic (exact) mass is 1520 g/mol. The number of nitrogens with two attached hydrogens (primary N) is 1. The summed E-state index contributed by atoms with van der Waals surface area (Å²) in [6.07, 6.45) is 3.97. The van der Waals surface area contributed by atoms with E-state index in [1.165, 1.54) is 6.92 Å². The van der Waals surface area contributed by atoms with E-state index in [9.17, 15) is 4.79 Å². The Morgan fingerprint density at radius 2 is 0.269 bits per heavy atom. The van der Waals surface area contributed by atoms with Gasteiger partial charge in [-0.3, -0.25) is 4.79 Å². The fraction of sp³-hybridized carbons (Fsp3) is 0.986. The van der Waals surface area contributed by atoms with E-state index < -0.39 is 0 Å². The first-order chi connectivity index (χ1) is 51.8. The molecule has 0 aliphatic carbocycles. The third kappa shape index (κ3) is 100. The molecule has 0 aromatic carbocycles. The highest BCUT2D eigenvalue weighted by molar-refractivity contribution is 5.72. The number of hydrogen-bond donors (Lipinski definition) is 2. The topological polar surface area (TPSA) is 341 Å². The normalized spacial score (nSPS) is 11.8. The molecule has 104 heavy (non-hydrogen) atoms. The third-order valence-electron chi connectivity index (χ3n) is 13.0. The Kier molecular flexibility index (Phi) is 97.5. The van der Waals surface area contributed by atoms with E-state index in [2.05, 4.69) is 5.32 Å². The van der Waals surface area contributed by atoms with Crippen LogP contribution in [0.4, 0.5) is 0 Å². The van der Waals surface area contributed by atoms with Crippen LogP contribution in [-0.4, -0.2) is 429 Å². The van der Waals surface area contributed by atoms with Crippen molar-refractivity contribution >= 4 is 5.91 Å². The Hall–Kier alpha value is -1.81. The maximum atomic E-state index is 10.8. The Bertz CT molecular complexity index is 1530. The van der Waals surface area contributed by atoms with Gasteiger partial charge in [0.05, 0.1) is 396 Å². The number of rotatable bonds is 99. The van der Waals surface area contributed by atoms with Crippen LogP contribution in [0, 0.1) is 0 Å². The Morgan fingerprint density at radius 3 is 0.375 bits per heavy atom. The summed E-state index contributed by atoms with van der Waals surface area (Å²) in [6, 6.07) is 0. The van der Waals surface area contributed by atoms with Crippen LogP contribution in [0.5, 0.6) is 0 Å². The van der Waals surface area contributed by atoms with Gasteiger partial charge in [-0.1, -0.05) is 0 Å². The molecule has 0 unspecified atom stereocenters. The van der Waals surface area contributed by atoms with Gasteiger partial charge in [-0.15, -0.1) is 0 Å². The minimum absolute atomic E-state index is 0.0309. The van der Waals surface area contributed by atoms with E-state index >= 15 is 0 Å². The van der Waals surface area contributed by atoms with Gasteiger partial charge in [-0.25, -0.2) is 0 Å². The molecule has 0 bridgehead atoms. The maximum absolute atomic E-state index is 10.8. The van der Waals surface area contributed by atoms with E-state index in [4.69, 9.17) is 153 Å². The summed E-state index contributed by atoms with van der Waals surface area (Å²) in [5, 5.41) is 2.72. The predicted molar refractivity (Wildman–Crippen MR) is 382 cm³/mol. The van der Waals surface area contributed by atoms with Crippen molar-refractivity contribution in [1.29, 1.82) is 0 Å². The van der Waals surface area contributed by atoms with E-state index in [0.29, 0.717) is 410 Å². The fourth-order valence-electron chi connectivity index (χ4n) is 7.66. The van der Waals surface area contributed by atoms with Gasteiger partial charge in [0, 0.05) is 26.7 Å². The molecule has 0 saturated heterocycles. The van der Waals surface area contributed by atoms with Crippen LogP contribution < -0.4 is 11.1 Å². The van der Waals surface area contributed by atoms with Crippen molar-refractivity contribution in [1.82, 2.24) is 5.32 Å². The summed E-state index contributed by atoms with van der Waals surface area (Å²) in [4.78, 5) is 10.8. The van der Waals surface area contributed by atoms with Crippen LogP contribution in [0.3, 0.4) is 0 Å². The molecule has 0 radical (unpaired) electrons. The van der Waals surface area contributed by atoms with Crippen molar-refractivity contribution in [3.8, 4) is 0 Å². The Labute approximate surface area is 621 Å². The number of nitrogens with one attached hydrogen (secondary N) is 1. The first-order valence-corrected chi connectivity index (χ1v) is 37.6. The molecule has 34 heteroatoms.